The van der Waals surface area contributed by atoms with E-state index in [4.69, 9.17) is 0 Å². The molecule has 4 nitrogen and oxygen atoms in total. The van der Waals surface area contributed by atoms with Gasteiger partial charge in [0.15, 0.2) is 5.13 Å². The van der Waals surface area contributed by atoms with Crippen molar-refractivity contribution in [1.82, 2.24) is 10.3 Å². The molecule has 1 N–H and O–H groups in total. The molecule has 1 saturated heterocycles. The Labute approximate surface area is 86.9 Å². The molecule has 2 heterocycles. The molecule has 1 fully saturated rings. The highest BCUT2D eigenvalue weighted by atomic mass is 32.1. The summed E-state index contributed by atoms with van der Waals surface area (Å²) in [6.45, 7) is 0.947. The second kappa shape index (κ2) is 4.06. The number of carbonyl (C=O) groups is 1. The normalized spacial score (nSPS) is 21.1. The lowest BCUT2D eigenvalue weighted by molar-refractivity contribution is -0.119. The average molecular weight is 211 g/mol. The maximum atomic E-state index is 11.9. The van der Waals surface area contributed by atoms with Gasteiger partial charge in [-0.2, -0.15) is 0 Å². The summed E-state index contributed by atoms with van der Waals surface area (Å²) < 4.78 is 0. The molecule has 1 unspecified atom stereocenters. The van der Waals surface area contributed by atoms with Crippen LogP contribution >= 0.6 is 11.3 Å². The van der Waals surface area contributed by atoms with Crippen molar-refractivity contribution in [3.05, 3.63) is 11.6 Å². The van der Waals surface area contributed by atoms with Crippen molar-refractivity contribution < 1.29 is 4.79 Å². The number of thiazole rings is 1. The van der Waals surface area contributed by atoms with Gasteiger partial charge in [-0.25, -0.2) is 4.98 Å². The van der Waals surface area contributed by atoms with E-state index in [2.05, 4.69) is 10.3 Å². The van der Waals surface area contributed by atoms with Crippen LogP contribution in [0.3, 0.4) is 0 Å². The Kier molecular flexibility index (Phi) is 2.79. The first-order valence-corrected chi connectivity index (χ1v) is 5.57. The maximum Gasteiger partial charge on any atom is 0.245 e. The van der Waals surface area contributed by atoms with Gasteiger partial charge in [-0.1, -0.05) is 0 Å². The molecule has 1 aliphatic heterocycles. The fraction of sp³-hybridized carbons (Fsp3) is 0.556. The van der Waals surface area contributed by atoms with E-state index in [-0.39, 0.29) is 11.9 Å². The molecule has 1 atom stereocenters. The fourth-order valence-corrected chi connectivity index (χ4v) is 2.22. The van der Waals surface area contributed by atoms with Gasteiger partial charge in [-0.3, -0.25) is 9.69 Å². The standard InChI is InChI=1S/C9H13N3OS/c1-12(9-11-5-6-14-9)8(13)7-3-2-4-10-7/h5-7,10H,2-4H2,1H3. The lowest BCUT2D eigenvalue weighted by Crippen LogP contribution is -2.41. The molecule has 5 heteroatoms. The molecule has 14 heavy (non-hydrogen) atoms. The number of nitrogens with one attached hydrogen (secondary N) is 1. The summed E-state index contributed by atoms with van der Waals surface area (Å²) in [4.78, 5) is 17.6. The number of anilines is 1. The van der Waals surface area contributed by atoms with E-state index in [0.29, 0.717) is 0 Å². The molecule has 76 valence electrons. The van der Waals surface area contributed by atoms with E-state index in [0.717, 1.165) is 24.5 Å². The molecule has 1 aromatic heterocycles. The van der Waals surface area contributed by atoms with Gasteiger partial charge in [-0.15, -0.1) is 11.3 Å². The van der Waals surface area contributed by atoms with Crippen LogP contribution in [0.25, 0.3) is 0 Å². The molecule has 1 aromatic rings. The van der Waals surface area contributed by atoms with Gasteiger partial charge in [0.1, 0.15) is 0 Å². The van der Waals surface area contributed by atoms with Crippen molar-refractivity contribution in [2.75, 3.05) is 18.5 Å². The molecule has 0 radical (unpaired) electrons. The molecule has 2 rings (SSSR count). The summed E-state index contributed by atoms with van der Waals surface area (Å²) in [6.07, 6.45) is 3.74. The third-order valence-electron chi connectivity index (χ3n) is 2.40. The highest BCUT2D eigenvalue weighted by molar-refractivity contribution is 7.13. The quantitative estimate of drug-likeness (QED) is 0.789. The Morgan fingerprint density at radius 3 is 3.21 bits per heavy atom. The second-order valence-electron chi connectivity index (χ2n) is 3.36. The molecule has 0 aliphatic carbocycles. The smallest absolute Gasteiger partial charge is 0.245 e. The zero-order chi connectivity index (χ0) is 9.97. The van der Waals surface area contributed by atoms with Crippen molar-refractivity contribution >= 4 is 22.4 Å². The van der Waals surface area contributed by atoms with Crippen LogP contribution in [-0.4, -0.2) is 30.5 Å². The Bertz CT molecular complexity index is 306. The highest BCUT2D eigenvalue weighted by Gasteiger charge is 2.26. The lowest BCUT2D eigenvalue weighted by Gasteiger charge is -2.18. The van der Waals surface area contributed by atoms with Crippen LogP contribution in [0, 0.1) is 0 Å². The SMILES string of the molecule is CN(C(=O)C1CCCN1)c1nccs1. The highest BCUT2D eigenvalue weighted by Crippen LogP contribution is 2.18. The van der Waals surface area contributed by atoms with E-state index >= 15 is 0 Å². The van der Waals surface area contributed by atoms with E-state index in [1.807, 2.05) is 5.38 Å². The van der Waals surface area contributed by atoms with Crippen molar-refractivity contribution in [1.29, 1.82) is 0 Å². The third kappa shape index (κ3) is 1.78. The first-order valence-electron chi connectivity index (χ1n) is 4.69. The summed E-state index contributed by atoms with van der Waals surface area (Å²) in [5.41, 5.74) is 0. The summed E-state index contributed by atoms with van der Waals surface area (Å²) in [6, 6.07) is -0.0103. The summed E-state index contributed by atoms with van der Waals surface area (Å²) in [5.74, 6) is 0.123. The predicted octanol–water partition coefficient (Wildman–Crippen LogP) is 0.858. The van der Waals surface area contributed by atoms with Gasteiger partial charge in [0.2, 0.25) is 5.91 Å². The summed E-state index contributed by atoms with van der Waals surface area (Å²) in [7, 11) is 1.78. The predicted molar refractivity (Wildman–Crippen MR) is 56.5 cm³/mol. The van der Waals surface area contributed by atoms with Gasteiger partial charge in [-0.05, 0) is 19.4 Å². The van der Waals surface area contributed by atoms with Gasteiger partial charge >= 0.3 is 0 Å². The monoisotopic (exact) mass is 211 g/mol. The second-order valence-corrected chi connectivity index (χ2v) is 4.23. The number of hydrogen-bond donors (Lipinski definition) is 1. The molecule has 1 amide bonds. The van der Waals surface area contributed by atoms with Gasteiger partial charge in [0, 0.05) is 18.6 Å². The van der Waals surface area contributed by atoms with E-state index in [1.165, 1.54) is 11.3 Å². The largest absolute Gasteiger partial charge is 0.306 e. The van der Waals surface area contributed by atoms with Gasteiger partial charge < -0.3 is 5.32 Å². The number of aromatic nitrogens is 1. The Hall–Kier alpha value is -0.940. The zero-order valence-electron chi connectivity index (χ0n) is 8.06. The molecule has 0 aromatic carbocycles. The van der Waals surface area contributed by atoms with Crippen molar-refractivity contribution in [2.45, 2.75) is 18.9 Å². The fourth-order valence-electron chi connectivity index (χ4n) is 1.60. The molecule has 0 spiro atoms. The van der Waals surface area contributed by atoms with E-state index in [9.17, 15) is 4.79 Å². The zero-order valence-corrected chi connectivity index (χ0v) is 8.88. The van der Waals surface area contributed by atoms with Crippen LogP contribution in [0.2, 0.25) is 0 Å². The van der Waals surface area contributed by atoms with Crippen LogP contribution in [0.5, 0.6) is 0 Å². The minimum atomic E-state index is -0.0103. The topological polar surface area (TPSA) is 45.2 Å². The molecule has 0 saturated carbocycles. The van der Waals surface area contributed by atoms with Gasteiger partial charge in [0.25, 0.3) is 0 Å². The van der Waals surface area contributed by atoms with Crippen molar-refractivity contribution in [3.63, 3.8) is 0 Å². The minimum Gasteiger partial charge on any atom is -0.306 e. The lowest BCUT2D eigenvalue weighted by atomic mass is 10.2. The number of nitrogens with zero attached hydrogens (tertiary/aromatic N) is 2. The van der Waals surface area contributed by atoms with Crippen LogP contribution in [0.1, 0.15) is 12.8 Å². The van der Waals surface area contributed by atoms with Gasteiger partial charge in [0.05, 0.1) is 6.04 Å². The minimum absolute atomic E-state index is 0.0103. The van der Waals surface area contributed by atoms with Crippen LogP contribution in [-0.2, 0) is 4.79 Å². The first-order chi connectivity index (χ1) is 6.79. The molecule has 0 bridgehead atoms. The average Bonchev–Trinajstić information content (AvgIpc) is 2.87. The van der Waals surface area contributed by atoms with E-state index in [1.54, 1.807) is 18.1 Å². The number of likely N-dealkylation sites (N-methyl/N-ethyl adjacent to an activating group) is 1. The Balaban J connectivity index is 2.04. The molecular formula is C9H13N3OS. The van der Waals surface area contributed by atoms with Crippen molar-refractivity contribution in [2.24, 2.45) is 0 Å². The van der Waals surface area contributed by atoms with E-state index < -0.39 is 0 Å². The maximum absolute atomic E-state index is 11.9. The Morgan fingerprint density at radius 2 is 2.64 bits per heavy atom. The first kappa shape index (κ1) is 9.61. The molecular weight excluding hydrogens is 198 g/mol. The number of hydrogen-bond acceptors (Lipinski definition) is 4. The summed E-state index contributed by atoms with van der Waals surface area (Å²) in [5, 5.41) is 5.83. The van der Waals surface area contributed by atoms with Crippen molar-refractivity contribution in [3.8, 4) is 0 Å². The van der Waals surface area contributed by atoms with Crippen LogP contribution in [0.15, 0.2) is 11.6 Å². The number of carbonyl (C=O) groups excluding carboxylic acids is 1. The number of rotatable bonds is 2. The Morgan fingerprint density at radius 1 is 1.79 bits per heavy atom. The van der Waals surface area contributed by atoms with Crippen LogP contribution in [0.4, 0.5) is 5.13 Å². The van der Waals surface area contributed by atoms with Crippen LogP contribution < -0.4 is 10.2 Å². The third-order valence-corrected chi connectivity index (χ3v) is 3.24. The summed E-state index contributed by atoms with van der Waals surface area (Å²) >= 11 is 1.48. The molecule has 1 aliphatic rings. The number of amides is 1.